The van der Waals surface area contributed by atoms with E-state index in [1.54, 1.807) is 24.3 Å². The summed E-state index contributed by atoms with van der Waals surface area (Å²) in [7, 11) is 0. The van der Waals surface area contributed by atoms with Crippen molar-refractivity contribution in [2.45, 2.75) is 32.8 Å². The fourth-order valence-corrected chi connectivity index (χ4v) is 5.14. The zero-order valence-electron chi connectivity index (χ0n) is 18.3. The van der Waals surface area contributed by atoms with Crippen LogP contribution in [0.5, 0.6) is 5.75 Å². The van der Waals surface area contributed by atoms with E-state index in [4.69, 9.17) is 9.47 Å². The van der Waals surface area contributed by atoms with Crippen LogP contribution in [0.25, 0.3) is 0 Å². The van der Waals surface area contributed by atoms with E-state index >= 15 is 0 Å². The summed E-state index contributed by atoms with van der Waals surface area (Å²) >= 11 is 1.44. The lowest BCUT2D eigenvalue weighted by atomic mass is 9.89. The van der Waals surface area contributed by atoms with Crippen LogP contribution in [-0.2, 0) is 29.0 Å². The number of anilines is 1. The normalized spacial score (nSPS) is 14.6. The minimum Gasteiger partial charge on any atom is -0.489 e. The SMILES string of the molecule is C[C@@H]1CCc2c(sc(NC(=O)COC(=O)c3ccc(OCc4ccccc4)cc3)c2C#N)C1. The molecule has 1 aromatic heterocycles. The zero-order valence-corrected chi connectivity index (χ0v) is 19.1. The van der Waals surface area contributed by atoms with Gasteiger partial charge in [-0.05, 0) is 60.6 Å². The maximum absolute atomic E-state index is 12.4. The van der Waals surface area contributed by atoms with Crippen molar-refractivity contribution in [3.05, 3.63) is 81.7 Å². The van der Waals surface area contributed by atoms with Crippen molar-refractivity contribution in [1.29, 1.82) is 5.26 Å². The molecule has 0 saturated carbocycles. The van der Waals surface area contributed by atoms with Crippen molar-refractivity contribution in [3.8, 4) is 11.8 Å². The Morgan fingerprint density at radius 1 is 1.15 bits per heavy atom. The van der Waals surface area contributed by atoms with Gasteiger partial charge < -0.3 is 14.8 Å². The van der Waals surface area contributed by atoms with Crippen LogP contribution < -0.4 is 10.1 Å². The van der Waals surface area contributed by atoms with E-state index in [0.29, 0.717) is 34.4 Å². The second kappa shape index (κ2) is 10.3. The summed E-state index contributed by atoms with van der Waals surface area (Å²) in [6, 6.07) is 18.6. The standard InChI is InChI=1S/C26H24N2O4S/c1-17-7-12-21-22(14-27)25(33-23(21)13-17)28-24(29)16-32-26(30)19-8-10-20(11-9-19)31-15-18-5-3-2-4-6-18/h2-6,8-11,17H,7,12-13,15-16H2,1H3,(H,28,29)/t17-/m1/s1. The predicted molar refractivity (Wildman–Crippen MR) is 126 cm³/mol. The van der Waals surface area contributed by atoms with Gasteiger partial charge in [0.15, 0.2) is 6.61 Å². The highest BCUT2D eigenvalue weighted by molar-refractivity contribution is 7.16. The fourth-order valence-electron chi connectivity index (χ4n) is 3.76. The van der Waals surface area contributed by atoms with Crippen LogP contribution in [0, 0.1) is 17.2 Å². The average molecular weight is 461 g/mol. The number of benzene rings is 2. The molecule has 0 saturated heterocycles. The lowest BCUT2D eigenvalue weighted by molar-refractivity contribution is -0.119. The average Bonchev–Trinajstić information content (AvgIpc) is 3.17. The molecule has 1 N–H and O–H groups in total. The molecule has 4 rings (SSSR count). The Hall–Kier alpha value is -3.63. The molecule has 2 aromatic carbocycles. The summed E-state index contributed by atoms with van der Waals surface area (Å²) in [6.45, 7) is 2.20. The largest absolute Gasteiger partial charge is 0.489 e. The van der Waals surface area contributed by atoms with Crippen LogP contribution in [0.2, 0.25) is 0 Å². The van der Waals surface area contributed by atoms with Gasteiger partial charge in [0.1, 0.15) is 23.4 Å². The van der Waals surface area contributed by atoms with Crippen molar-refractivity contribution < 1.29 is 19.1 Å². The lowest BCUT2D eigenvalue weighted by Crippen LogP contribution is -2.20. The maximum Gasteiger partial charge on any atom is 0.338 e. The fraction of sp³-hybridized carbons (Fsp3) is 0.269. The van der Waals surface area contributed by atoms with Gasteiger partial charge in [0, 0.05) is 4.88 Å². The third kappa shape index (κ3) is 5.60. The van der Waals surface area contributed by atoms with Crippen molar-refractivity contribution in [2.75, 3.05) is 11.9 Å². The molecule has 6 nitrogen and oxygen atoms in total. The van der Waals surface area contributed by atoms with Crippen molar-refractivity contribution >= 4 is 28.2 Å². The number of fused-ring (bicyclic) bond motifs is 1. The molecule has 0 radical (unpaired) electrons. The third-order valence-electron chi connectivity index (χ3n) is 5.55. The zero-order chi connectivity index (χ0) is 23.2. The molecule has 1 aliphatic carbocycles. The number of thiophene rings is 1. The van der Waals surface area contributed by atoms with E-state index in [9.17, 15) is 14.9 Å². The van der Waals surface area contributed by atoms with Crippen LogP contribution >= 0.6 is 11.3 Å². The van der Waals surface area contributed by atoms with Crippen LogP contribution in [0.4, 0.5) is 5.00 Å². The molecule has 0 aliphatic heterocycles. The van der Waals surface area contributed by atoms with E-state index < -0.39 is 18.5 Å². The second-order valence-corrected chi connectivity index (χ2v) is 9.20. The number of esters is 1. The monoisotopic (exact) mass is 460 g/mol. The molecule has 1 aliphatic rings. The maximum atomic E-state index is 12.4. The predicted octanol–water partition coefficient (Wildman–Crippen LogP) is 5.12. The molecular weight excluding hydrogens is 436 g/mol. The molecule has 1 atom stereocenters. The number of hydrogen-bond donors (Lipinski definition) is 1. The molecule has 0 spiro atoms. The van der Waals surface area contributed by atoms with E-state index in [0.717, 1.165) is 35.3 Å². The van der Waals surface area contributed by atoms with Gasteiger partial charge in [0.25, 0.3) is 5.91 Å². The number of amides is 1. The Labute approximate surface area is 196 Å². The number of nitrogens with one attached hydrogen (secondary N) is 1. The summed E-state index contributed by atoms with van der Waals surface area (Å²) in [5, 5.41) is 12.8. The Morgan fingerprint density at radius 2 is 1.91 bits per heavy atom. The summed E-state index contributed by atoms with van der Waals surface area (Å²) in [4.78, 5) is 25.8. The van der Waals surface area contributed by atoms with E-state index in [-0.39, 0.29) is 0 Å². The Balaban J connectivity index is 1.29. The molecule has 0 fully saturated rings. The molecule has 7 heteroatoms. The van der Waals surface area contributed by atoms with E-state index in [2.05, 4.69) is 18.3 Å². The highest BCUT2D eigenvalue weighted by Gasteiger charge is 2.24. The smallest absolute Gasteiger partial charge is 0.338 e. The van der Waals surface area contributed by atoms with Gasteiger partial charge in [0.2, 0.25) is 0 Å². The molecule has 33 heavy (non-hydrogen) atoms. The lowest BCUT2D eigenvalue weighted by Gasteiger charge is -2.17. The summed E-state index contributed by atoms with van der Waals surface area (Å²) < 4.78 is 10.9. The minimum absolute atomic E-state index is 0.327. The summed E-state index contributed by atoms with van der Waals surface area (Å²) in [5.41, 5.74) is 2.95. The van der Waals surface area contributed by atoms with E-state index in [1.807, 2.05) is 30.3 Å². The first-order valence-electron chi connectivity index (χ1n) is 10.8. The number of nitriles is 1. The first kappa shape index (κ1) is 22.6. The van der Waals surface area contributed by atoms with Gasteiger partial charge in [-0.1, -0.05) is 37.3 Å². The molecule has 3 aromatic rings. The number of nitrogens with zero attached hydrogens (tertiary/aromatic N) is 1. The minimum atomic E-state index is -0.598. The van der Waals surface area contributed by atoms with Crippen LogP contribution in [0.1, 0.15) is 45.3 Å². The van der Waals surface area contributed by atoms with Crippen LogP contribution in [0.15, 0.2) is 54.6 Å². The number of ether oxygens (including phenoxy) is 2. The number of carbonyl (C=O) groups excluding carboxylic acids is 2. The van der Waals surface area contributed by atoms with Gasteiger partial charge in [0.05, 0.1) is 11.1 Å². The van der Waals surface area contributed by atoms with Gasteiger partial charge in [-0.15, -0.1) is 11.3 Å². The van der Waals surface area contributed by atoms with Crippen LogP contribution in [0.3, 0.4) is 0 Å². The number of hydrogen-bond acceptors (Lipinski definition) is 6. The van der Waals surface area contributed by atoms with Gasteiger partial charge >= 0.3 is 5.97 Å². The Bertz CT molecular complexity index is 1180. The molecule has 1 heterocycles. The van der Waals surface area contributed by atoms with Gasteiger partial charge in [-0.2, -0.15) is 5.26 Å². The highest BCUT2D eigenvalue weighted by atomic mass is 32.1. The molecule has 0 bridgehead atoms. The Morgan fingerprint density at radius 3 is 2.64 bits per heavy atom. The van der Waals surface area contributed by atoms with Crippen LogP contribution in [-0.4, -0.2) is 18.5 Å². The first-order valence-corrected chi connectivity index (χ1v) is 11.6. The molecule has 168 valence electrons. The topological polar surface area (TPSA) is 88.4 Å². The number of rotatable bonds is 7. The quantitative estimate of drug-likeness (QED) is 0.495. The summed E-state index contributed by atoms with van der Waals surface area (Å²) in [5.74, 6) is 0.143. The van der Waals surface area contributed by atoms with Crippen molar-refractivity contribution in [3.63, 3.8) is 0 Å². The molecule has 0 unspecified atom stereocenters. The van der Waals surface area contributed by atoms with Crippen molar-refractivity contribution in [1.82, 2.24) is 0 Å². The van der Waals surface area contributed by atoms with E-state index in [1.165, 1.54) is 11.3 Å². The highest BCUT2D eigenvalue weighted by Crippen LogP contribution is 2.39. The van der Waals surface area contributed by atoms with Gasteiger partial charge in [-0.3, -0.25) is 4.79 Å². The van der Waals surface area contributed by atoms with Gasteiger partial charge in [-0.25, -0.2) is 4.79 Å². The number of carbonyl (C=O) groups is 2. The third-order valence-corrected chi connectivity index (χ3v) is 6.72. The second-order valence-electron chi connectivity index (χ2n) is 8.09. The summed E-state index contributed by atoms with van der Waals surface area (Å²) in [6.07, 6.45) is 2.82. The molecule has 1 amide bonds. The first-order chi connectivity index (χ1) is 16.0. The Kier molecular flexibility index (Phi) is 7.06. The molecular formula is C26H24N2O4S. The van der Waals surface area contributed by atoms with Crippen molar-refractivity contribution in [2.24, 2.45) is 5.92 Å².